The van der Waals surface area contributed by atoms with Crippen LogP contribution in [-0.2, 0) is 37.3 Å². The minimum atomic E-state index is -2.38. The third-order valence-corrected chi connectivity index (χ3v) is 44.7. The van der Waals surface area contributed by atoms with Gasteiger partial charge >= 0.3 is 252 Å². The molecule has 3 saturated heterocycles. The van der Waals surface area contributed by atoms with Gasteiger partial charge < -0.3 is 4.43 Å². The number of carbonyl (C=O) groups is 1. The maximum atomic E-state index is 12.8. The van der Waals surface area contributed by atoms with Crippen molar-refractivity contribution in [1.29, 1.82) is 0 Å². The Morgan fingerprint density at radius 1 is 0.706 bits per heavy atom. The number of carbonyl (C=O) groups excluding carboxylic acids is 1. The quantitative estimate of drug-likeness (QED) is 0.0305. The molecule has 68 heavy (non-hydrogen) atoms. The Morgan fingerprint density at radius 3 is 1.74 bits per heavy atom. The van der Waals surface area contributed by atoms with Crippen LogP contribution in [0.5, 0.6) is 0 Å². The predicted molar refractivity (Wildman–Crippen MR) is 295 cm³/mol. The van der Waals surface area contributed by atoms with E-state index < -0.39 is 46.0 Å². The molecule has 0 unspecified atom stereocenters. The van der Waals surface area contributed by atoms with Crippen LogP contribution in [0.4, 0.5) is 0 Å². The van der Waals surface area contributed by atoms with Gasteiger partial charge in [-0.3, -0.25) is 0 Å². The zero-order valence-electron chi connectivity index (χ0n) is 48.1. The summed E-state index contributed by atoms with van der Waals surface area (Å²) in [6, 6.07) is 0. The fourth-order valence-corrected chi connectivity index (χ4v) is 39.5. The fourth-order valence-electron chi connectivity index (χ4n) is 13.4. The van der Waals surface area contributed by atoms with E-state index >= 15 is 0 Å². The second-order valence-electron chi connectivity index (χ2n) is 25.2. The molecule has 0 radical (unpaired) electrons. The van der Waals surface area contributed by atoms with Crippen molar-refractivity contribution < 1.29 is 37.3 Å². The molecular weight excluding hydrogens is 988 g/mol. The first kappa shape index (κ1) is 62.3. The van der Waals surface area contributed by atoms with Crippen molar-refractivity contribution in [2.45, 2.75) is 321 Å². The monoisotopic (exact) mass is 1100 g/mol. The van der Waals surface area contributed by atoms with Crippen LogP contribution in [0.25, 0.3) is 0 Å². The molecule has 0 bridgehead atoms. The molecule has 0 aromatic carbocycles. The predicted octanol–water partition coefficient (Wildman–Crippen LogP) is 16.9. The van der Waals surface area contributed by atoms with Crippen molar-refractivity contribution in [3.05, 3.63) is 12.3 Å². The molecule has 0 aromatic rings. The molecule has 3 fully saturated rings. The number of allylic oxidation sites excluding steroid dienone is 1. The number of hydrogen-bond donors (Lipinski definition) is 0. The molecule has 8 nitrogen and oxygen atoms in total. The van der Waals surface area contributed by atoms with E-state index in [0.717, 1.165) is 51.6 Å². The van der Waals surface area contributed by atoms with Crippen molar-refractivity contribution in [2.24, 2.45) is 5.41 Å². The van der Waals surface area contributed by atoms with Crippen LogP contribution in [0.15, 0.2) is 12.3 Å². The standard InChI is InChI=1S/C45H85O8Si2.3C4H9.Sn/c1-18-25-47-37-23-24-45(17)41(51-38(37)22-20-26-48-43(46)44(14,15)16)29-39-42(52-45)40(53-55(33(8)9,34(10)11)35(12)13)28-36(50-39)21-19-27-49-54(30(2)3,31(4)5)32(6)7;3*1-3-4-2;/h18,25,30-42H,1,19-24,26-29H2,2-17H3;3*1,3-4H2,2H3;/b25-18-;;;;/t36-,37+,38-,39-,40+,41+,42-,45-;;;;/m1..../s1. The Labute approximate surface area is 427 Å². The van der Waals surface area contributed by atoms with Crippen molar-refractivity contribution >= 4 is 41.0 Å². The minimum absolute atomic E-state index is 0.0435. The van der Waals surface area contributed by atoms with Gasteiger partial charge in [0.15, 0.2) is 8.32 Å². The fraction of sp³-hybridized carbons (Fsp3) is 0.947. The Morgan fingerprint density at radius 2 is 1.24 bits per heavy atom. The van der Waals surface area contributed by atoms with Gasteiger partial charge in [-0.15, -0.1) is 0 Å². The molecule has 3 rings (SSSR count). The molecule has 3 heterocycles. The van der Waals surface area contributed by atoms with E-state index in [0.29, 0.717) is 46.3 Å². The van der Waals surface area contributed by atoms with Gasteiger partial charge in [0.05, 0.1) is 0 Å². The maximum absolute atomic E-state index is 12.8. The van der Waals surface area contributed by atoms with E-state index in [-0.39, 0.29) is 48.7 Å². The summed E-state index contributed by atoms with van der Waals surface area (Å²) in [4.78, 5) is 12.8. The van der Waals surface area contributed by atoms with Gasteiger partial charge in [0.25, 0.3) is 0 Å². The number of unbranched alkanes of at least 4 members (excludes halogenated alkanes) is 3. The topological polar surface area (TPSA) is 81.7 Å². The average Bonchev–Trinajstić information content (AvgIpc) is 3.39. The summed E-state index contributed by atoms with van der Waals surface area (Å²) < 4.78 is 55.4. The molecule has 0 amide bonds. The molecule has 3 aliphatic rings. The van der Waals surface area contributed by atoms with Crippen LogP contribution < -0.4 is 0 Å². The second kappa shape index (κ2) is 28.6. The summed E-state index contributed by atoms with van der Waals surface area (Å²) in [5.41, 5.74) is 2.05. The Balaban J connectivity index is 1.96. The van der Waals surface area contributed by atoms with Gasteiger partial charge in [-0.2, -0.15) is 0 Å². The molecular formula is C57H112O8Si2Sn. The van der Waals surface area contributed by atoms with Crippen molar-refractivity contribution in [3.63, 3.8) is 0 Å². The van der Waals surface area contributed by atoms with Crippen molar-refractivity contribution in [3.8, 4) is 0 Å². The van der Waals surface area contributed by atoms with Crippen molar-refractivity contribution in [2.75, 3.05) is 13.2 Å². The molecule has 8 atom stereocenters. The molecule has 0 N–H and O–H groups in total. The van der Waals surface area contributed by atoms with Gasteiger partial charge in [0, 0.05) is 6.61 Å². The van der Waals surface area contributed by atoms with E-state index in [1.54, 1.807) is 0 Å². The number of rotatable bonds is 30. The van der Waals surface area contributed by atoms with Crippen LogP contribution in [0, 0.1) is 5.41 Å². The van der Waals surface area contributed by atoms with E-state index in [1.807, 2.05) is 20.8 Å². The first-order chi connectivity index (χ1) is 31.9. The van der Waals surface area contributed by atoms with E-state index in [2.05, 4.69) is 123 Å². The number of ether oxygens (including phenoxy) is 5. The van der Waals surface area contributed by atoms with Crippen molar-refractivity contribution in [1.82, 2.24) is 0 Å². The van der Waals surface area contributed by atoms with Gasteiger partial charge in [-0.1, -0.05) is 83.1 Å². The Hall–Kier alpha value is 0.0425. The zero-order valence-corrected chi connectivity index (χ0v) is 52.9. The van der Waals surface area contributed by atoms with Crippen LogP contribution in [0.3, 0.4) is 0 Å². The van der Waals surface area contributed by atoms with E-state index in [4.69, 9.17) is 32.5 Å². The summed E-state index contributed by atoms with van der Waals surface area (Å²) in [6.45, 7) is 44.9. The molecule has 400 valence electrons. The van der Waals surface area contributed by atoms with Gasteiger partial charge in [0.1, 0.15) is 0 Å². The molecule has 0 saturated carbocycles. The molecule has 0 aliphatic carbocycles. The first-order valence-corrected chi connectivity index (χ1v) is 41.0. The van der Waals surface area contributed by atoms with Crippen LogP contribution in [0.1, 0.15) is 221 Å². The normalized spacial score (nSPS) is 26.6. The third-order valence-electron chi connectivity index (χ3n) is 17.2. The summed E-state index contributed by atoms with van der Waals surface area (Å²) >= 11 is -2.38. The summed E-state index contributed by atoms with van der Waals surface area (Å²) in [5.74, 6) is -0.161. The third kappa shape index (κ3) is 16.5. The van der Waals surface area contributed by atoms with Crippen LogP contribution in [-0.4, -0.2) is 103 Å². The van der Waals surface area contributed by atoms with E-state index in [1.165, 1.54) is 56.3 Å². The molecule has 11 heteroatoms. The summed E-state index contributed by atoms with van der Waals surface area (Å²) in [7, 11) is -4.23. The number of fused-ring (bicyclic) bond motifs is 2. The summed E-state index contributed by atoms with van der Waals surface area (Å²) in [5, 5.41) is 0. The Bertz CT molecular complexity index is 1400. The van der Waals surface area contributed by atoms with Crippen LogP contribution in [0.2, 0.25) is 51.0 Å². The Kier molecular flexibility index (Phi) is 26.3. The van der Waals surface area contributed by atoms with Crippen LogP contribution >= 0.6 is 0 Å². The molecule has 0 aromatic heterocycles. The van der Waals surface area contributed by atoms with Gasteiger partial charge in [-0.05, 0) is 66.9 Å². The summed E-state index contributed by atoms with van der Waals surface area (Å²) in [6.07, 6.45) is 18.4. The second-order valence-corrected chi connectivity index (χ2v) is 50.1. The van der Waals surface area contributed by atoms with Gasteiger partial charge in [0.2, 0.25) is 8.32 Å². The SMILES string of the molecule is CCC[CH2][Sn]([CH2]/C=C\O[C@H]1CC[C@@]2(C)O[C@H]3[C@@H](O[Si](C(C)C)(C(C)C)C(C)C)C[C@@H](CCCO[Si](C(C)C)(C(C)C)C(C)C)O[C@@H]3C[C@@H]2O[C@@H]1CCCOC(=O)C(C)(C)C)([CH2]CCC)[CH2]CCC. The molecule has 0 spiro atoms. The van der Waals surface area contributed by atoms with E-state index in [9.17, 15) is 4.79 Å². The number of hydrogen-bond acceptors (Lipinski definition) is 8. The molecule has 3 aliphatic heterocycles. The first-order valence-electron chi connectivity index (χ1n) is 28.7. The zero-order chi connectivity index (χ0) is 51.1. The van der Waals surface area contributed by atoms with Gasteiger partial charge in [-0.25, -0.2) is 0 Å². The average molecular weight is 1100 g/mol. The number of esters is 1.